The van der Waals surface area contributed by atoms with Gasteiger partial charge in [-0.05, 0) is 43.7 Å². The van der Waals surface area contributed by atoms with Crippen LogP contribution in [0.4, 0.5) is 0 Å². The van der Waals surface area contributed by atoms with Crippen molar-refractivity contribution in [1.29, 1.82) is 0 Å². The second kappa shape index (κ2) is 6.14. The van der Waals surface area contributed by atoms with Gasteiger partial charge >= 0.3 is 0 Å². The van der Waals surface area contributed by atoms with Crippen LogP contribution in [0.5, 0.6) is 0 Å². The summed E-state index contributed by atoms with van der Waals surface area (Å²) in [4.78, 5) is 23.5. The van der Waals surface area contributed by atoms with Crippen LogP contribution in [-0.2, 0) is 0 Å². The molecule has 2 aromatic rings. The minimum atomic E-state index is 0.145. The first-order valence-electron chi connectivity index (χ1n) is 8.58. The molecule has 1 saturated carbocycles. The molecule has 0 radical (unpaired) electrons. The Balaban J connectivity index is 1.54. The van der Waals surface area contributed by atoms with Crippen molar-refractivity contribution >= 4 is 5.91 Å². The molecule has 1 aliphatic heterocycles. The van der Waals surface area contributed by atoms with Crippen LogP contribution in [0.15, 0.2) is 37.1 Å². The number of nitrogens with zero attached hydrogens (tertiary/aromatic N) is 4. The molecule has 1 amide bonds. The minimum absolute atomic E-state index is 0.145. The van der Waals surface area contributed by atoms with E-state index in [4.69, 9.17) is 0 Å². The predicted molar refractivity (Wildman–Crippen MR) is 87.4 cm³/mol. The number of piperidine rings is 1. The highest BCUT2D eigenvalue weighted by Gasteiger charge is 2.35. The number of hydrogen-bond acceptors (Lipinski definition) is 3. The summed E-state index contributed by atoms with van der Waals surface area (Å²) in [6, 6.07) is 4.22. The number of fused-ring (bicyclic) bond motifs is 1. The van der Waals surface area contributed by atoms with Gasteiger partial charge in [-0.25, -0.2) is 9.97 Å². The van der Waals surface area contributed by atoms with Gasteiger partial charge in [0.25, 0.3) is 5.91 Å². The summed E-state index contributed by atoms with van der Waals surface area (Å²) in [5.74, 6) is 1.64. The molecule has 2 fully saturated rings. The van der Waals surface area contributed by atoms with Crippen molar-refractivity contribution in [1.82, 2.24) is 19.4 Å². The Bertz CT molecular complexity index is 663. The molecule has 5 heteroatoms. The van der Waals surface area contributed by atoms with E-state index < -0.39 is 0 Å². The Labute approximate surface area is 136 Å². The lowest BCUT2D eigenvalue weighted by Crippen LogP contribution is -2.49. The van der Waals surface area contributed by atoms with Crippen molar-refractivity contribution in [3.63, 3.8) is 0 Å². The zero-order chi connectivity index (χ0) is 15.6. The highest BCUT2D eigenvalue weighted by Crippen LogP contribution is 2.35. The lowest BCUT2D eigenvalue weighted by molar-refractivity contribution is 0.0390. The minimum Gasteiger partial charge on any atom is -0.335 e. The smallest absolute Gasteiger partial charge is 0.255 e. The van der Waals surface area contributed by atoms with Crippen molar-refractivity contribution in [3.05, 3.63) is 42.6 Å². The second-order valence-corrected chi connectivity index (χ2v) is 6.63. The fourth-order valence-electron chi connectivity index (χ4n) is 4.10. The number of pyridine rings is 1. The summed E-state index contributed by atoms with van der Waals surface area (Å²) in [7, 11) is 0. The number of hydrogen-bond donors (Lipinski definition) is 0. The molecule has 1 saturated heterocycles. The van der Waals surface area contributed by atoms with E-state index in [9.17, 15) is 4.79 Å². The van der Waals surface area contributed by atoms with E-state index in [2.05, 4.69) is 14.9 Å². The van der Waals surface area contributed by atoms with Crippen LogP contribution in [0.2, 0.25) is 0 Å². The average molecular weight is 310 g/mol. The van der Waals surface area contributed by atoms with Crippen molar-refractivity contribution in [3.8, 4) is 5.82 Å². The first-order chi connectivity index (χ1) is 11.3. The summed E-state index contributed by atoms with van der Waals surface area (Å²) in [6.45, 7) is 0.892. The number of imidazole rings is 1. The Hall–Kier alpha value is -2.17. The molecule has 2 atom stereocenters. The van der Waals surface area contributed by atoms with E-state index in [1.165, 1.54) is 25.7 Å². The molecule has 2 aromatic heterocycles. The molecule has 4 rings (SSSR count). The molecule has 5 nitrogen and oxygen atoms in total. The van der Waals surface area contributed by atoms with Gasteiger partial charge in [0.1, 0.15) is 12.1 Å². The number of carbonyl (C=O) groups excluding carboxylic acids is 1. The summed E-state index contributed by atoms with van der Waals surface area (Å²) in [5, 5.41) is 0. The van der Waals surface area contributed by atoms with E-state index in [0.29, 0.717) is 17.5 Å². The number of amides is 1. The maximum Gasteiger partial charge on any atom is 0.255 e. The molecule has 3 heterocycles. The zero-order valence-corrected chi connectivity index (χ0v) is 13.3. The van der Waals surface area contributed by atoms with Gasteiger partial charge in [-0.15, -0.1) is 0 Å². The van der Waals surface area contributed by atoms with E-state index >= 15 is 0 Å². The molecular formula is C18H22N4O. The van der Waals surface area contributed by atoms with Gasteiger partial charge in [-0.3, -0.25) is 9.36 Å². The molecule has 2 aliphatic rings. The van der Waals surface area contributed by atoms with Crippen LogP contribution >= 0.6 is 0 Å². The largest absolute Gasteiger partial charge is 0.335 e. The number of likely N-dealkylation sites (tertiary alicyclic amines) is 1. The van der Waals surface area contributed by atoms with Crippen LogP contribution in [0.3, 0.4) is 0 Å². The van der Waals surface area contributed by atoms with E-state index in [-0.39, 0.29) is 5.91 Å². The van der Waals surface area contributed by atoms with Crippen LogP contribution in [0.25, 0.3) is 5.82 Å². The van der Waals surface area contributed by atoms with E-state index in [0.717, 1.165) is 25.2 Å². The van der Waals surface area contributed by atoms with E-state index in [1.54, 1.807) is 18.7 Å². The quantitative estimate of drug-likeness (QED) is 0.856. The highest BCUT2D eigenvalue weighted by atomic mass is 16.2. The van der Waals surface area contributed by atoms with Crippen LogP contribution in [0.1, 0.15) is 48.9 Å². The Morgan fingerprint density at radius 1 is 1.13 bits per heavy atom. The van der Waals surface area contributed by atoms with Gasteiger partial charge in [0.15, 0.2) is 0 Å². The van der Waals surface area contributed by atoms with Gasteiger partial charge < -0.3 is 4.90 Å². The zero-order valence-electron chi connectivity index (χ0n) is 13.3. The lowest BCUT2D eigenvalue weighted by Gasteiger charge is -2.44. The maximum absolute atomic E-state index is 12.9. The molecule has 0 N–H and O–H groups in total. The number of rotatable bonds is 2. The van der Waals surface area contributed by atoms with Gasteiger partial charge in [0, 0.05) is 31.2 Å². The lowest BCUT2D eigenvalue weighted by atomic mass is 9.78. The maximum atomic E-state index is 12.9. The standard InChI is InChI=1S/C18H22N4O/c23-18(22-10-3-5-14-4-1-2-6-16(14)22)15-7-8-17(20-12-15)21-11-9-19-13-21/h7-9,11-14,16H,1-6,10H2/t14-,16-/m1/s1. The third kappa shape index (κ3) is 2.76. The normalized spacial score (nSPS) is 24.3. The van der Waals surface area contributed by atoms with Crippen LogP contribution < -0.4 is 0 Å². The van der Waals surface area contributed by atoms with Crippen molar-refractivity contribution in [2.45, 2.75) is 44.6 Å². The first-order valence-corrected chi connectivity index (χ1v) is 8.58. The van der Waals surface area contributed by atoms with Crippen LogP contribution in [0, 0.1) is 5.92 Å². The third-order valence-electron chi connectivity index (χ3n) is 5.27. The summed E-state index contributed by atoms with van der Waals surface area (Å²) >= 11 is 0. The predicted octanol–water partition coefficient (Wildman–Crippen LogP) is 3.06. The van der Waals surface area contributed by atoms with Crippen molar-refractivity contribution in [2.24, 2.45) is 5.92 Å². The van der Waals surface area contributed by atoms with Crippen LogP contribution in [-0.4, -0.2) is 37.9 Å². The Morgan fingerprint density at radius 2 is 2.00 bits per heavy atom. The molecule has 0 aromatic carbocycles. The van der Waals surface area contributed by atoms with E-state index in [1.807, 2.05) is 22.9 Å². The Kier molecular flexibility index (Phi) is 3.85. The molecule has 0 bridgehead atoms. The van der Waals surface area contributed by atoms with Gasteiger partial charge in [0.2, 0.25) is 0 Å². The van der Waals surface area contributed by atoms with Crippen molar-refractivity contribution in [2.75, 3.05) is 6.54 Å². The third-order valence-corrected chi connectivity index (χ3v) is 5.27. The summed E-state index contributed by atoms with van der Waals surface area (Å²) in [5.41, 5.74) is 0.695. The van der Waals surface area contributed by atoms with Gasteiger partial charge in [0.05, 0.1) is 5.56 Å². The number of carbonyl (C=O) groups is 1. The topological polar surface area (TPSA) is 51.0 Å². The monoisotopic (exact) mass is 310 g/mol. The molecular weight excluding hydrogens is 288 g/mol. The van der Waals surface area contributed by atoms with Crippen molar-refractivity contribution < 1.29 is 4.79 Å². The average Bonchev–Trinajstić information content (AvgIpc) is 3.15. The summed E-state index contributed by atoms with van der Waals surface area (Å²) in [6.07, 6.45) is 14.4. The highest BCUT2D eigenvalue weighted by molar-refractivity contribution is 5.94. The number of aromatic nitrogens is 3. The van der Waals surface area contributed by atoms with Gasteiger partial charge in [-0.2, -0.15) is 0 Å². The summed E-state index contributed by atoms with van der Waals surface area (Å²) < 4.78 is 1.84. The van der Waals surface area contributed by atoms with Gasteiger partial charge in [-0.1, -0.05) is 12.8 Å². The molecule has 1 aliphatic carbocycles. The second-order valence-electron chi connectivity index (χ2n) is 6.63. The molecule has 0 unspecified atom stereocenters. The SMILES string of the molecule is O=C(c1ccc(-n2ccnc2)nc1)N1CCC[C@H]2CCCC[C@H]21. The molecule has 120 valence electrons. The molecule has 23 heavy (non-hydrogen) atoms. The fourth-order valence-corrected chi connectivity index (χ4v) is 4.10. The molecule has 0 spiro atoms. The fraction of sp³-hybridized carbons (Fsp3) is 0.500. The Morgan fingerprint density at radius 3 is 2.78 bits per heavy atom. The first kappa shape index (κ1) is 14.4.